The smallest absolute Gasteiger partial charge is 0.229 e. The lowest BCUT2D eigenvalue weighted by atomic mass is 10.0. The minimum absolute atomic E-state index is 0.360. The van der Waals surface area contributed by atoms with E-state index in [1.807, 2.05) is 78.9 Å². The number of hydrogen-bond donors (Lipinski definition) is 1. The Balaban J connectivity index is 1.64. The second kappa shape index (κ2) is 13.3. The third kappa shape index (κ3) is 7.38. The van der Waals surface area contributed by atoms with Gasteiger partial charge in [0.15, 0.2) is 0 Å². The van der Waals surface area contributed by atoms with Gasteiger partial charge >= 0.3 is 0 Å². The highest BCUT2D eigenvalue weighted by molar-refractivity contribution is 5.46. The molecular formula is C31H35N3O4. The molecule has 0 unspecified atom stereocenters. The van der Waals surface area contributed by atoms with E-state index < -0.39 is 0 Å². The average molecular weight is 514 g/mol. The van der Waals surface area contributed by atoms with E-state index >= 15 is 0 Å². The topological polar surface area (TPSA) is 74.7 Å². The summed E-state index contributed by atoms with van der Waals surface area (Å²) >= 11 is 0. The van der Waals surface area contributed by atoms with Gasteiger partial charge in [0.05, 0.1) is 19.8 Å². The molecule has 0 bridgehead atoms. The van der Waals surface area contributed by atoms with Crippen molar-refractivity contribution in [2.75, 3.05) is 19.5 Å². The predicted molar refractivity (Wildman–Crippen MR) is 149 cm³/mol. The summed E-state index contributed by atoms with van der Waals surface area (Å²) in [5, 5.41) is 3.33. The Morgan fingerprint density at radius 2 is 1.32 bits per heavy atom. The second-order valence-corrected chi connectivity index (χ2v) is 9.31. The molecule has 0 radical (unpaired) electrons. The van der Waals surface area contributed by atoms with E-state index in [1.54, 1.807) is 14.2 Å². The fraction of sp³-hybridized carbons (Fsp3) is 0.290. The fourth-order valence-electron chi connectivity index (χ4n) is 3.97. The summed E-state index contributed by atoms with van der Waals surface area (Å²) in [6.45, 7) is 5.56. The Bertz CT molecular complexity index is 1230. The van der Waals surface area contributed by atoms with Gasteiger partial charge in [-0.1, -0.05) is 74.5 Å². The summed E-state index contributed by atoms with van der Waals surface area (Å²) in [5.74, 6) is 3.26. The van der Waals surface area contributed by atoms with Crippen LogP contribution in [0.2, 0.25) is 0 Å². The molecular weight excluding hydrogens is 478 g/mol. The van der Waals surface area contributed by atoms with Gasteiger partial charge < -0.3 is 24.3 Å². The molecule has 0 saturated heterocycles. The van der Waals surface area contributed by atoms with Crippen LogP contribution in [0, 0.1) is 5.92 Å². The fourth-order valence-corrected chi connectivity index (χ4v) is 3.97. The summed E-state index contributed by atoms with van der Waals surface area (Å²) in [5.41, 5.74) is 3.93. The zero-order valence-electron chi connectivity index (χ0n) is 22.4. The molecule has 4 rings (SSSR count). The SMILES string of the molecule is COc1ccc(CNc2nc(OCc3ccccc3)c(CC(C)C)c(OCc3ccccc3)n2)c(OC)c1. The molecule has 1 aromatic heterocycles. The first-order valence-corrected chi connectivity index (χ1v) is 12.7. The van der Waals surface area contributed by atoms with Crippen molar-refractivity contribution < 1.29 is 18.9 Å². The van der Waals surface area contributed by atoms with Crippen LogP contribution < -0.4 is 24.3 Å². The van der Waals surface area contributed by atoms with E-state index in [1.165, 1.54) is 0 Å². The van der Waals surface area contributed by atoms with Crippen LogP contribution in [-0.2, 0) is 26.2 Å². The standard InChI is InChI=1S/C31H35N3O4/c1-22(2)17-27-29(37-20-23-11-7-5-8-12-23)33-31(34-30(27)38-21-24-13-9-6-10-14-24)32-19-25-15-16-26(35-3)18-28(25)36-4/h5-16,18,22H,17,19-21H2,1-4H3,(H,32,33,34). The third-order valence-electron chi connectivity index (χ3n) is 5.91. The van der Waals surface area contributed by atoms with Gasteiger partial charge in [-0.3, -0.25) is 0 Å². The van der Waals surface area contributed by atoms with Crippen LogP contribution in [0.5, 0.6) is 23.3 Å². The Kier molecular flexibility index (Phi) is 9.40. The summed E-state index contributed by atoms with van der Waals surface area (Å²) in [6.07, 6.45) is 0.723. The van der Waals surface area contributed by atoms with Crippen molar-refractivity contribution >= 4 is 5.95 Å². The molecule has 0 amide bonds. The molecule has 0 spiro atoms. The van der Waals surface area contributed by atoms with Crippen LogP contribution in [0.15, 0.2) is 78.9 Å². The van der Waals surface area contributed by atoms with Gasteiger partial charge in [0.25, 0.3) is 0 Å². The van der Waals surface area contributed by atoms with Crippen molar-refractivity contribution in [3.05, 3.63) is 101 Å². The summed E-state index contributed by atoms with van der Waals surface area (Å²) in [7, 11) is 3.27. The highest BCUT2D eigenvalue weighted by atomic mass is 16.5. The van der Waals surface area contributed by atoms with E-state index in [0.29, 0.717) is 43.4 Å². The number of aromatic nitrogens is 2. The first kappa shape index (κ1) is 26.8. The van der Waals surface area contributed by atoms with Gasteiger partial charge in [-0.2, -0.15) is 9.97 Å². The Morgan fingerprint density at radius 3 is 1.82 bits per heavy atom. The number of hydrogen-bond acceptors (Lipinski definition) is 7. The number of ether oxygens (including phenoxy) is 4. The van der Waals surface area contributed by atoms with Gasteiger partial charge in [-0.25, -0.2) is 0 Å². The molecule has 4 aromatic rings. The van der Waals surface area contributed by atoms with Crippen LogP contribution >= 0.6 is 0 Å². The lowest BCUT2D eigenvalue weighted by Crippen LogP contribution is -2.12. The molecule has 198 valence electrons. The Morgan fingerprint density at radius 1 is 0.737 bits per heavy atom. The lowest BCUT2D eigenvalue weighted by Gasteiger charge is -2.18. The van der Waals surface area contributed by atoms with Crippen molar-refractivity contribution in [2.24, 2.45) is 5.92 Å². The quantitative estimate of drug-likeness (QED) is 0.220. The van der Waals surface area contributed by atoms with Crippen molar-refractivity contribution in [2.45, 2.75) is 40.0 Å². The van der Waals surface area contributed by atoms with Gasteiger partial charge in [-0.15, -0.1) is 0 Å². The Hall–Kier alpha value is -4.26. The molecule has 0 aliphatic rings. The van der Waals surface area contributed by atoms with Crippen LogP contribution in [0.1, 0.15) is 36.1 Å². The second-order valence-electron chi connectivity index (χ2n) is 9.31. The number of nitrogens with one attached hydrogen (secondary N) is 1. The summed E-state index contributed by atoms with van der Waals surface area (Å²) in [6, 6.07) is 25.8. The molecule has 0 aliphatic heterocycles. The minimum Gasteiger partial charge on any atom is -0.497 e. The van der Waals surface area contributed by atoms with Crippen molar-refractivity contribution in [1.82, 2.24) is 9.97 Å². The van der Waals surface area contributed by atoms with Crippen LogP contribution in [0.25, 0.3) is 0 Å². The molecule has 0 aliphatic carbocycles. The van der Waals surface area contributed by atoms with Crippen molar-refractivity contribution in [3.8, 4) is 23.3 Å². The van der Waals surface area contributed by atoms with Gasteiger partial charge in [0, 0.05) is 18.2 Å². The first-order valence-electron chi connectivity index (χ1n) is 12.7. The molecule has 7 heteroatoms. The first-order chi connectivity index (χ1) is 18.6. The van der Waals surface area contributed by atoms with Crippen LogP contribution in [0.3, 0.4) is 0 Å². The van der Waals surface area contributed by atoms with Gasteiger partial charge in [-0.05, 0) is 35.6 Å². The molecule has 38 heavy (non-hydrogen) atoms. The lowest BCUT2D eigenvalue weighted by molar-refractivity contribution is 0.266. The Labute approximate surface area is 224 Å². The number of benzene rings is 3. The van der Waals surface area contributed by atoms with Crippen molar-refractivity contribution in [3.63, 3.8) is 0 Å². The number of methoxy groups -OCH3 is 2. The average Bonchev–Trinajstić information content (AvgIpc) is 2.95. The number of rotatable bonds is 13. The van der Waals surface area contributed by atoms with Crippen LogP contribution in [0.4, 0.5) is 5.95 Å². The monoisotopic (exact) mass is 513 g/mol. The molecule has 0 atom stereocenters. The minimum atomic E-state index is 0.360. The van der Waals surface area contributed by atoms with E-state index in [2.05, 4.69) is 19.2 Å². The maximum Gasteiger partial charge on any atom is 0.229 e. The van der Waals surface area contributed by atoms with Crippen LogP contribution in [-0.4, -0.2) is 24.2 Å². The highest BCUT2D eigenvalue weighted by Crippen LogP contribution is 2.32. The maximum atomic E-state index is 6.27. The zero-order valence-corrected chi connectivity index (χ0v) is 22.4. The largest absolute Gasteiger partial charge is 0.497 e. The molecule has 7 nitrogen and oxygen atoms in total. The van der Waals surface area contributed by atoms with Crippen molar-refractivity contribution in [1.29, 1.82) is 0 Å². The molecule has 1 heterocycles. The molecule has 0 saturated carbocycles. The molecule has 3 aromatic carbocycles. The maximum absolute atomic E-state index is 6.27. The zero-order chi connectivity index (χ0) is 26.7. The van der Waals surface area contributed by atoms with Gasteiger partial charge in [0.2, 0.25) is 17.7 Å². The van der Waals surface area contributed by atoms with Gasteiger partial charge in [0.1, 0.15) is 24.7 Å². The predicted octanol–water partition coefficient (Wildman–Crippen LogP) is 6.46. The summed E-state index contributed by atoms with van der Waals surface area (Å²) in [4.78, 5) is 9.54. The van der Waals surface area contributed by atoms with E-state index in [9.17, 15) is 0 Å². The molecule has 1 N–H and O–H groups in total. The number of anilines is 1. The third-order valence-corrected chi connectivity index (χ3v) is 5.91. The molecule has 0 fully saturated rings. The normalized spacial score (nSPS) is 10.8. The highest BCUT2D eigenvalue weighted by Gasteiger charge is 2.19. The van der Waals surface area contributed by atoms with E-state index in [4.69, 9.17) is 28.9 Å². The van der Waals surface area contributed by atoms with E-state index in [0.717, 1.165) is 40.2 Å². The summed E-state index contributed by atoms with van der Waals surface area (Å²) < 4.78 is 23.4. The number of nitrogens with zero attached hydrogens (tertiary/aromatic N) is 2. The van der Waals surface area contributed by atoms with E-state index in [-0.39, 0.29) is 0 Å².